The zero-order chi connectivity index (χ0) is 85.0. The van der Waals surface area contributed by atoms with Crippen LogP contribution in [0.3, 0.4) is 0 Å². The van der Waals surface area contributed by atoms with E-state index in [-0.39, 0.29) is 209 Å². The van der Waals surface area contributed by atoms with Crippen LogP contribution in [0, 0.1) is 0 Å². The van der Waals surface area contributed by atoms with Gasteiger partial charge in [0.25, 0.3) is 0 Å². The SMILES string of the molecule is CN1Cc2c(Cl)cc(Cl)cc2[C@H](c2cccc(S(=O)(=O)NCCOCCOCCNC(=O)CCC(CCC(=O)NCCOCCOCCNS(=O)(=O)c3cccc([C@@H]4CN(C)Cc5c(Cl)cc(Cl)cc54)c3)(CCC(=O)NCCOCCOCCNS(=O)(=O)c3cccc([C@@H]4CN(C)Cc5c(Cl)cc(Cl)cc54)c3)NC(=O)CCCC(=O)O)c2)C1. The molecule has 646 valence electrons. The number of aliphatic carboxylic acids is 1. The lowest BCUT2D eigenvalue weighted by molar-refractivity contribution is -0.137. The van der Waals surface area contributed by atoms with E-state index in [1.54, 1.807) is 54.6 Å². The summed E-state index contributed by atoms with van der Waals surface area (Å²) in [5.41, 5.74) is 6.73. The van der Waals surface area contributed by atoms with E-state index in [1.807, 2.05) is 57.5 Å². The second kappa shape index (κ2) is 46.9. The Kier molecular flexibility index (Phi) is 38.0. The molecule has 3 atom stereocenters. The van der Waals surface area contributed by atoms with Crippen LogP contribution in [-0.2, 0) is 102 Å². The number of carbonyl (C=O) groups excluding carboxylic acids is 4. The van der Waals surface area contributed by atoms with Gasteiger partial charge in [-0.05, 0) is 170 Å². The lowest BCUT2D eigenvalue weighted by Gasteiger charge is -2.35. The molecule has 3 aliphatic rings. The van der Waals surface area contributed by atoms with Crippen molar-refractivity contribution in [3.8, 4) is 0 Å². The van der Waals surface area contributed by atoms with Crippen LogP contribution < -0.4 is 35.4 Å². The molecular weight excluding hydrogens is 1710 g/mol. The quantitative estimate of drug-likeness (QED) is 0.0165. The maximum atomic E-state index is 13.7. The van der Waals surface area contributed by atoms with Crippen molar-refractivity contribution in [1.29, 1.82) is 0 Å². The minimum atomic E-state index is -3.92. The van der Waals surface area contributed by atoms with Gasteiger partial charge in [0.15, 0.2) is 0 Å². The maximum absolute atomic E-state index is 13.7. The van der Waals surface area contributed by atoms with Crippen LogP contribution in [-0.4, -0.2) is 240 Å². The van der Waals surface area contributed by atoms with E-state index in [0.717, 1.165) is 50.1 Å². The fraction of sp³-hybridized carbons (Fsp3) is 0.494. The minimum absolute atomic E-state index is 0.00988. The monoisotopic (exact) mass is 1810 g/mol. The Morgan fingerprint density at radius 1 is 0.390 bits per heavy atom. The van der Waals surface area contributed by atoms with Gasteiger partial charge in [-0.15, -0.1) is 0 Å². The second-order valence-corrected chi connectivity index (χ2v) is 37.2. The van der Waals surface area contributed by atoms with Gasteiger partial charge in [-0.2, -0.15) is 0 Å². The molecule has 6 aromatic carbocycles. The van der Waals surface area contributed by atoms with Crippen LogP contribution in [0.15, 0.2) is 124 Å². The average molecular weight is 1810 g/mol. The molecule has 0 aliphatic carbocycles. The predicted octanol–water partition coefficient (Wildman–Crippen LogP) is 9.47. The fourth-order valence-electron chi connectivity index (χ4n) is 14.5. The number of carboxylic acid groups (broad SMARTS) is 1. The van der Waals surface area contributed by atoms with Gasteiger partial charge in [-0.1, -0.05) is 106 Å². The molecule has 9 rings (SSSR count). The van der Waals surface area contributed by atoms with Crippen molar-refractivity contribution in [2.45, 2.75) is 115 Å². The van der Waals surface area contributed by atoms with Crippen LogP contribution in [0.2, 0.25) is 30.1 Å². The van der Waals surface area contributed by atoms with E-state index >= 15 is 0 Å². The van der Waals surface area contributed by atoms with Crippen molar-refractivity contribution in [2.75, 3.05) is 159 Å². The highest BCUT2D eigenvalue weighted by atomic mass is 35.5. The number of sulfonamides is 3. The summed E-state index contributed by atoms with van der Waals surface area (Å²) in [5, 5.41) is 23.9. The maximum Gasteiger partial charge on any atom is 0.303 e. The molecule has 37 heteroatoms. The van der Waals surface area contributed by atoms with Crippen molar-refractivity contribution in [1.82, 2.24) is 50.1 Å². The number of carbonyl (C=O) groups is 5. The standard InChI is InChI=1S/C81H104Cl6N10O18S3/c1-95-49-67(64-43-58(82)46-73(85)70(64)52-95)55-8-4-11-61(40-55)116(104,105)91-25-31-113-37-34-110-28-22-88-76(98)16-19-81(94-79(101)14-7-15-80(102)103,20-17-77(99)89-23-29-111-35-38-114-32-26-92-117(106,107)62-12-5-9-56(41-62)68-50-96(2)53-71-65(68)44-59(83)47-74(71)86)21-18-78(100)90-24-30-112-36-39-115-33-27-93-118(108,109)63-13-6-10-57(42-63)69-51-97(3)54-72-66(69)45-60(84)48-75(72)87/h4-6,8-13,40-48,67-69,91-93H,7,14-39,49-54H2,1-3H3,(H,88,98)(H,89,99)(H,90,100)(H,94,101)(H,102,103)/t67-,68-,69-/m0/s1. The zero-order valence-electron chi connectivity index (χ0n) is 66.2. The Morgan fingerprint density at radius 3 is 0.966 bits per heavy atom. The molecule has 0 radical (unpaired) electrons. The van der Waals surface area contributed by atoms with E-state index in [4.69, 9.17) is 98.0 Å². The van der Waals surface area contributed by atoms with Gasteiger partial charge >= 0.3 is 5.97 Å². The Labute approximate surface area is 721 Å². The van der Waals surface area contributed by atoms with Crippen LogP contribution in [0.25, 0.3) is 0 Å². The van der Waals surface area contributed by atoms with Crippen molar-refractivity contribution < 1.29 is 82.8 Å². The van der Waals surface area contributed by atoms with Crippen LogP contribution >= 0.6 is 69.6 Å². The highest BCUT2D eigenvalue weighted by Crippen LogP contribution is 2.43. The van der Waals surface area contributed by atoms with Gasteiger partial charge in [-0.25, -0.2) is 39.4 Å². The summed E-state index contributed by atoms with van der Waals surface area (Å²) >= 11 is 38.9. The number of fused-ring (bicyclic) bond motifs is 3. The molecule has 3 heterocycles. The Hall–Kier alpha value is -6.22. The van der Waals surface area contributed by atoms with Crippen molar-refractivity contribution >= 4 is 129 Å². The van der Waals surface area contributed by atoms with Crippen molar-refractivity contribution in [2.24, 2.45) is 0 Å². The predicted molar refractivity (Wildman–Crippen MR) is 453 cm³/mol. The first-order valence-electron chi connectivity index (χ1n) is 39.0. The molecule has 0 aromatic heterocycles. The fourth-order valence-corrected chi connectivity index (χ4v) is 19.4. The number of rotatable bonds is 50. The number of nitrogens with zero attached hydrogens (tertiary/aromatic N) is 3. The first-order valence-corrected chi connectivity index (χ1v) is 45.7. The number of hydrogen-bond donors (Lipinski definition) is 8. The van der Waals surface area contributed by atoms with Gasteiger partial charge < -0.3 is 69.5 Å². The first-order chi connectivity index (χ1) is 56.4. The first kappa shape index (κ1) is 95.6. The highest BCUT2D eigenvalue weighted by Gasteiger charge is 2.36. The molecule has 0 unspecified atom stereocenters. The van der Waals surface area contributed by atoms with Gasteiger partial charge in [0.1, 0.15) is 0 Å². The lowest BCUT2D eigenvalue weighted by Crippen LogP contribution is -2.50. The number of halogens is 6. The molecule has 6 aromatic rings. The van der Waals surface area contributed by atoms with Gasteiger partial charge in [-0.3, -0.25) is 24.0 Å². The molecular formula is C81H104Cl6N10O18S3. The summed E-state index contributed by atoms with van der Waals surface area (Å²) in [6, 6.07) is 31.0. The normalized spacial score (nSPS) is 16.1. The van der Waals surface area contributed by atoms with Crippen molar-refractivity contribution in [3.05, 3.63) is 189 Å². The van der Waals surface area contributed by atoms with E-state index in [1.165, 1.54) is 18.2 Å². The van der Waals surface area contributed by atoms with Crippen molar-refractivity contribution in [3.63, 3.8) is 0 Å². The molecule has 8 N–H and O–H groups in total. The number of benzene rings is 6. The summed E-state index contributed by atoms with van der Waals surface area (Å²) in [4.78, 5) is 72.5. The van der Waals surface area contributed by atoms with E-state index < -0.39 is 65.2 Å². The van der Waals surface area contributed by atoms with E-state index in [9.17, 15) is 54.3 Å². The summed E-state index contributed by atoms with van der Waals surface area (Å²) < 4.78 is 122. The molecule has 0 saturated carbocycles. The largest absolute Gasteiger partial charge is 0.481 e. The third kappa shape index (κ3) is 29.8. The minimum Gasteiger partial charge on any atom is -0.481 e. The Balaban J connectivity index is 0.709. The number of amides is 4. The van der Waals surface area contributed by atoms with Crippen LogP contribution in [0.4, 0.5) is 0 Å². The summed E-state index contributed by atoms with van der Waals surface area (Å²) in [6.07, 6.45) is -1.16. The Bertz CT molecular complexity index is 4340. The summed E-state index contributed by atoms with van der Waals surface area (Å²) in [7, 11) is -5.85. The van der Waals surface area contributed by atoms with Crippen LogP contribution in [0.5, 0.6) is 0 Å². The molecule has 118 heavy (non-hydrogen) atoms. The molecule has 0 spiro atoms. The lowest BCUT2D eigenvalue weighted by atomic mass is 9.83. The van der Waals surface area contributed by atoms with Gasteiger partial charge in [0.05, 0.1) is 94.0 Å². The topological polar surface area (TPSA) is 357 Å². The molecule has 4 amide bonds. The third-order valence-electron chi connectivity index (χ3n) is 20.3. The number of ether oxygens (including phenoxy) is 6. The molecule has 0 fully saturated rings. The molecule has 3 aliphatic heterocycles. The smallest absolute Gasteiger partial charge is 0.303 e. The van der Waals surface area contributed by atoms with Crippen LogP contribution in [0.1, 0.15) is 126 Å². The Morgan fingerprint density at radius 2 is 0.678 bits per heavy atom. The second-order valence-electron chi connectivity index (χ2n) is 29.3. The number of nitrogens with one attached hydrogen (secondary N) is 7. The molecule has 0 saturated heterocycles. The van der Waals surface area contributed by atoms with Gasteiger partial charge in [0.2, 0.25) is 53.7 Å². The third-order valence-corrected chi connectivity index (χ3v) is 26.4. The summed E-state index contributed by atoms with van der Waals surface area (Å²) in [6.45, 7) is 4.98. The number of likely N-dealkylation sites (N-methyl/N-ethyl adjacent to an activating group) is 3. The zero-order valence-corrected chi connectivity index (χ0v) is 73.2. The number of hydrogen-bond acceptors (Lipinski definition) is 20. The highest BCUT2D eigenvalue weighted by molar-refractivity contribution is 7.90. The number of carboxylic acids is 1. The summed E-state index contributed by atoms with van der Waals surface area (Å²) in [5.74, 6) is -3.46. The van der Waals surface area contributed by atoms with Gasteiger partial charge in [0, 0.05) is 164 Å². The molecule has 0 bridgehead atoms. The average Bonchev–Trinajstić information content (AvgIpc) is 0.780. The molecule has 28 nitrogen and oxygen atoms in total. The van der Waals surface area contributed by atoms with E-state index in [2.05, 4.69) is 50.1 Å². The van der Waals surface area contributed by atoms with E-state index in [0.29, 0.717) is 69.4 Å².